The third-order valence-electron chi connectivity index (χ3n) is 7.82. The zero-order valence-electron chi connectivity index (χ0n) is 28.1. The van der Waals surface area contributed by atoms with Crippen LogP contribution in [0.3, 0.4) is 0 Å². The highest BCUT2D eigenvalue weighted by Gasteiger charge is 2.10. The molecule has 3 aromatic carbocycles. The first kappa shape index (κ1) is 35.7. The van der Waals surface area contributed by atoms with Crippen LogP contribution >= 0.6 is 31.9 Å². The van der Waals surface area contributed by atoms with Crippen molar-refractivity contribution in [1.29, 1.82) is 0 Å². The Hall–Kier alpha value is -3.58. The summed E-state index contributed by atoms with van der Waals surface area (Å²) in [5.74, 6) is 1.75. The fraction of sp³-hybridized carbons (Fsp3) is 0.389. The van der Waals surface area contributed by atoms with Gasteiger partial charge in [0.15, 0.2) is 0 Å². The van der Waals surface area contributed by atoms with Gasteiger partial charge < -0.3 is 19.3 Å². The summed E-state index contributed by atoms with van der Waals surface area (Å²) >= 11 is 7.32. The summed E-state index contributed by atoms with van der Waals surface area (Å²) in [4.78, 5) is 4.32. The molecule has 0 saturated carbocycles. The number of aromatic nitrogens is 6. The Bertz CT molecular complexity index is 1610. The van der Waals surface area contributed by atoms with Gasteiger partial charge in [0.2, 0.25) is 0 Å². The number of aryl methyl sites for hydroxylation is 4. The van der Waals surface area contributed by atoms with Gasteiger partial charge >= 0.3 is 0 Å². The summed E-state index contributed by atoms with van der Waals surface area (Å²) in [6.45, 7) is 4.87. The van der Waals surface area contributed by atoms with Crippen molar-refractivity contribution in [1.82, 2.24) is 39.8 Å². The monoisotopic (exact) mass is 778 g/mol. The molecule has 12 heteroatoms. The van der Waals surface area contributed by atoms with Crippen molar-refractivity contribution in [2.24, 2.45) is 0 Å². The molecule has 5 aromatic rings. The highest BCUT2D eigenvalue weighted by Crippen LogP contribution is 2.28. The maximum Gasteiger partial charge on any atom is 0.133 e. The average Bonchev–Trinajstić information content (AvgIpc) is 3.75. The molecule has 2 aromatic heterocycles. The number of hydrogen-bond donors (Lipinski definition) is 0. The van der Waals surface area contributed by atoms with Crippen LogP contribution in [0.25, 0.3) is 22.5 Å². The summed E-state index contributed by atoms with van der Waals surface area (Å²) < 4.78 is 17.6. The molecule has 2 heterocycles. The van der Waals surface area contributed by atoms with Crippen LogP contribution in [0, 0.1) is 0 Å². The van der Waals surface area contributed by atoms with Crippen molar-refractivity contribution < 1.29 is 9.47 Å². The Morgan fingerprint density at radius 3 is 1.40 bits per heavy atom. The zero-order chi connectivity index (χ0) is 33.9. The van der Waals surface area contributed by atoms with E-state index in [-0.39, 0.29) is 0 Å². The molecular weight excluding hydrogens is 736 g/mol. The van der Waals surface area contributed by atoms with Gasteiger partial charge in [-0.2, -0.15) is 0 Å². The van der Waals surface area contributed by atoms with E-state index < -0.39 is 0 Å². The Balaban J connectivity index is 1.09. The molecule has 254 valence electrons. The lowest BCUT2D eigenvalue weighted by Gasteiger charge is -2.12. The quantitative estimate of drug-likeness (QED) is 0.0892. The number of nitrogens with zero attached hydrogens (tertiary/aromatic N) is 8. The lowest BCUT2D eigenvalue weighted by molar-refractivity contribution is 0.280. The molecule has 0 radical (unpaired) electrons. The molecule has 0 aliphatic rings. The second-order valence-corrected chi connectivity index (χ2v) is 14.1. The van der Waals surface area contributed by atoms with Crippen molar-refractivity contribution in [2.45, 2.75) is 38.8 Å². The predicted molar refractivity (Wildman–Crippen MR) is 197 cm³/mol. The van der Waals surface area contributed by atoms with E-state index in [0.717, 1.165) is 94.8 Å². The van der Waals surface area contributed by atoms with E-state index in [0.29, 0.717) is 13.2 Å². The summed E-state index contributed by atoms with van der Waals surface area (Å²) in [6, 6.07) is 20.7. The minimum atomic E-state index is 0.696. The Labute approximate surface area is 300 Å². The van der Waals surface area contributed by atoms with Gasteiger partial charge in [-0.3, -0.25) is 9.36 Å². The Morgan fingerprint density at radius 2 is 1.02 bits per heavy atom. The van der Waals surface area contributed by atoms with Gasteiger partial charge in [0.25, 0.3) is 0 Å². The van der Waals surface area contributed by atoms with E-state index in [2.05, 4.69) is 139 Å². The smallest absolute Gasteiger partial charge is 0.133 e. The molecule has 48 heavy (non-hydrogen) atoms. The van der Waals surface area contributed by atoms with Gasteiger partial charge in [0.05, 0.1) is 34.6 Å². The first-order valence-electron chi connectivity index (χ1n) is 16.3. The standard InChI is InChI=1S/C36H44Br2N8O2/c1-43(2)17-5-21-47-35-13-7-27(23-31(35)37)15-19-45-25-33(39-41-45)29-9-11-30(12-10-29)34-26-46(42-40-34)20-16-28-8-14-36(32(38)24-28)48-22-6-18-44(3)4/h7-14,23-26H,5-6,15-22H2,1-4H3. The first-order valence-corrected chi connectivity index (χ1v) is 17.8. The van der Waals surface area contributed by atoms with E-state index in [4.69, 9.17) is 9.47 Å². The molecule has 5 rings (SSSR count). The lowest BCUT2D eigenvalue weighted by atomic mass is 10.1. The SMILES string of the molecule is CN(C)CCCOc1ccc(CCn2cc(-c3ccc(-c4cn(CCc5ccc(OCCCN(C)C)c(Br)c5)nn4)cc3)nn2)cc1Br. The molecule has 0 spiro atoms. The number of ether oxygens (including phenoxy) is 2. The molecule has 0 N–H and O–H groups in total. The van der Waals surface area contributed by atoms with E-state index >= 15 is 0 Å². The van der Waals surface area contributed by atoms with Gasteiger partial charge in [-0.1, -0.05) is 46.8 Å². The van der Waals surface area contributed by atoms with Crippen molar-refractivity contribution in [2.75, 3.05) is 54.5 Å². The summed E-state index contributed by atoms with van der Waals surface area (Å²) in [5, 5.41) is 17.6. The number of halogens is 2. The first-order chi connectivity index (χ1) is 23.2. The van der Waals surface area contributed by atoms with E-state index in [9.17, 15) is 0 Å². The van der Waals surface area contributed by atoms with Crippen molar-refractivity contribution in [3.8, 4) is 34.0 Å². The summed E-state index contributed by atoms with van der Waals surface area (Å²) in [6.07, 6.45) is 7.64. The van der Waals surface area contributed by atoms with E-state index in [1.807, 2.05) is 33.9 Å². The molecule has 0 saturated heterocycles. The highest BCUT2D eigenvalue weighted by atomic mass is 79.9. The van der Waals surface area contributed by atoms with Crippen LogP contribution < -0.4 is 9.47 Å². The maximum atomic E-state index is 5.93. The van der Waals surface area contributed by atoms with Gasteiger partial charge in [0.1, 0.15) is 22.9 Å². The lowest BCUT2D eigenvalue weighted by Crippen LogP contribution is -2.15. The van der Waals surface area contributed by atoms with Gasteiger partial charge in [-0.25, -0.2) is 0 Å². The number of benzene rings is 3. The Kier molecular flexibility index (Phi) is 13.2. The molecule has 0 unspecified atom stereocenters. The van der Waals surface area contributed by atoms with Crippen molar-refractivity contribution in [3.05, 3.63) is 93.1 Å². The van der Waals surface area contributed by atoms with Crippen molar-refractivity contribution in [3.63, 3.8) is 0 Å². The Morgan fingerprint density at radius 1 is 0.604 bits per heavy atom. The molecular formula is C36H44Br2N8O2. The normalized spacial score (nSPS) is 11.5. The zero-order valence-corrected chi connectivity index (χ0v) is 31.3. The highest BCUT2D eigenvalue weighted by molar-refractivity contribution is 9.10. The van der Waals surface area contributed by atoms with Gasteiger partial charge in [0, 0.05) is 37.3 Å². The third kappa shape index (κ3) is 10.7. The predicted octanol–water partition coefficient (Wildman–Crippen LogP) is 6.88. The third-order valence-corrected chi connectivity index (χ3v) is 9.06. The van der Waals surface area contributed by atoms with Crippen LogP contribution in [0.2, 0.25) is 0 Å². The largest absolute Gasteiger partial charge is 0.492 e. The fourth-order valence-electron chi connectivity index (χ4n) is 5.14. The second kappa shape index (κ2) is 17.7. The molecule has 0 bridgehead atoms. The second-order valence-electron chi connectivity index (χ2n) is 12.4. The molecule has 0 aliphatic heterocycles. The molecule has 0 amide bonds. The van der Waals surface area contributed by atoms with Gasteiger partial charge in [-0.15, -0.1) is 10.2 Å². The number of hydrogen-bond acceptors (Lipinski definition) is 8. The summed E-state index contributed by atoms with van der Waals surface area (Å²) in [7, 11) is 8.29. The number of rotatable bonds is 18. The average molecular weight is 781 g/mol. The topological polar surface area (TPSA) is 86.4 Å². The minimum absolute atomic E-state index is 0.696. The van der Waals surface area contributed by atoms with Crippen molar-refractivity contribution >= 4 is 31.9 Å². The molecule has 0 aliphatic carbocycles. The maximum absolute atomic E-state index is 5.93. The van der Waals surface area contributed by atoms with Crippen LogP contribution in [0.5, 0.6) is 11.5 Å². The van der Waals surface area contributed by atoms with E-state index in [1.54, 1.807) is 0 Å². The van der Waals surface area contributed by atoms with Crippen LogP contribution in [-0.4, -0.2) is 94.3 Å². The van der Waals surface area contributed by atoms with Crippen LogP contribution in [-0.2, 0) is 25.9 Å². The van der Waals surface area contributed by atoms with Crippen LogP contribution in [0.15, 0.2) is 82.0 Å². The molecule has 0 fully saturated rings. The van der Waals surface area contributed by atoms with Gasteiger partial charge in [-0.05, 0) is 121 Å². The fourth-order valence-corrected chi connectivity index (χ4v) is 6.22. The minimum Gasteiger partial charge on any atom is -0.492 e. The van der Waals surface area contributed by atoms with Crippen LogP contribution in [0.4, 0.5) is 0 Å². The van der Waals surface area contributed by atoms with E-state index in [1.165, 1.54) is 11.1 Å². The summed E-state index contributed by atoms with van der Waals surface area (Å²) in [5.41, 5.74) is 6.10. The molecule has 10 nitrogen and oxygen atoms in total. The van der Waals surface area contributed by atoms with Crippen LogP contribution in [0.1, 0.15) is 24.0 Å². The molecule has 0 atom stereocenters.